The molecule has 1 aromatic carbocycles. The summed E-state index contributed by atoms with van der Waals surface area (Å²) in [4.78, 5) is 0. The predicted molar refractivity (Wildman–Crippen MR) is 110 cm³/mol. The molecule has 0 spiro atoms. The van der Waals surface area contributed by atoms with Crippen LogP contribution in [0.2, 0.25) is 0 Å². The molecule has 0 aliphatic carbocycles. The van der Waals surface area contributed by atoms with Gasteiger partial charge in [-0.1, -0.05) is 68.6 Å². The quantitative estimate of drug-likeness (QED) is 0.408. The van der Waals surface area contributed by atoms with Gasteiger partial charge in [0.1, 0.15) is 0 Å². The molecular formula is C20H36N4O. The van der Waals surface area contributed by atoms with E-state index in [1.807, 2.05) is 58.4 Å². The molecule has 0 unspecified atom stereocenters. The number of aliphatic hydroxyl groups excluding tert-OH is 1. The highest BCUT2D eigenvalue weighted by Crippen LogP contribution is 2.06. The number of nitrogens with one attached hydrogen (secondary N) is 3. The summed E-state index contributed by atoms with van der Waals surface area (Å²) in [5.41, 5.74) is 8.98. The second kappa shape index (κ2) is 18.4. The van der Waals surface area contributed by atoms with E-state index in [4.69, 9.17) is 5.11 Å². The van der Waals surface area contributed by atoms with Gasteiger partial charge in [0.05, 0.1) is 6.61 Å². The van der Waals surface area contributed by atoms with Crippen LogP contribution < -0.4 is 16.2 Å². The maximum Gasteiger partial charge on any atom is 0.0681 e. The number of nitrogens with zero attached hydrogens (tertiary/aromatic N) is 1. The Morgan fingerprint density at radius 3 is 2.08 bits per heavy atom. The molecule has 0 amide bonds. The Morgan fingerprint density at radius 2 is 1.76 bits per heavy atom. The summed E-state index contributed by atoms with van der Waals surface area (Å²) in [6.45, 7) is 14.3. The molecule has 0 aliphatic rings. The molecule has 0 saturated carbocycles. The second-order valence-electron chi connectivity index (χ2n) is 5.15. The molecule has 1 rings (SSSR count). The van der Waals surface area contributed by atoms with Crippen molar-refractivity contribution in [2.45, 2.75) is 26.4 Å². The summed E-state index contributed by atoms with van der Waals surface area (Å²) < 4.78 is 0. The monoisotopic (exact) mass is 348 g/mol. The highest BCUT2D eigenvalue weighted by Gasteiger charge is 1.90. The fraction of sp³-hybridized carbons (Fsp3) is 0.400. The topological polar surface area (TPSA) is 59.6 Å². The number of benzene rings is 1. The summed E-state index contributed by atoms with van der Waals surface area (Å²) >= 11 is 0. The first-order valence-electron chi connectivity index (χ1n) is 8.40. The lowest BCUT2D eigenvalue weighted by atomic mass is 10.1. The van der Waals surface area contributed by atoms with E-state index in [2.05, 4.69) is 35.9 Å². The molecule has 0 fully saturated rings. The Morgan fingerprint density at radius 1 is 1.16 bits per heavy atom. The number of aliphatic hydroxyl groups is 1. The highest BCUT2D eigenvalue weighted by molar-refractivity contribution is 5.13. The smallest absolute Gasteiger partial charge is 0.0681 e. The van der Waals surface area contributed by atoms with Crippen LogP contribution in [0, 0.1) is 0 Å². The second-order valence-corrected chi connectivity index (χ2v) is 5.15. The lowest BCUT2D eigenvalue weighted by Crippen LogP contribution is -2.42. The lowest BCUT2D eigenvalue weighted by molar-refractivity contribution is 0.177. The van der Waals surface area contributed by atoms with Gasteiger partial charge in [0, 0.05) is 33.4 Å². The van der Waals surface area contributed by atoms with Crippen LogP contribution in [0.5, 0.6) is 0 Å². The van der Waals surface area contributed by atoms with Gasteiger partial charge < -0.3 is 10.4 Å². The van der Waals surface area contributed by atoms with Gasteiger partial charge in [-0.25, -0.2) is 10.9 Å². The Bertz CT molecular complexity index is 460. The number of rotatable bonds is 9. The minimum Gasteiger partial charge on any atom is -0.392 e. The average Bonchev–Trinajstić information content (AvgIpc) is 2.67. The number of allylic oxidation sites excluding steroid dienone is 3. The molecule has 142 valence electrons. The minimum absolute atomic E-state index is 0.140. The van der Waals surface area contributed by atoms with Crippen LogP contribution in [-0.4, -0.2) is 37.9 Å². The van der Waals surface area contributed by atoms with E-state index < -0.39 is 0 Å². The first kappa shape index (κ1) is 25.3. The number of hydrogen-bond donors (Lipinski definition) is 4. The molecule has 0 heterocycles. The van der Waals surface area contributed by atoms with E-state index in [1.165, 1.54) is 0 Å². The van der Waals surface area contributed by atoms with E-state index in [1.54, 1.807) is 11.2 Å². The SMILES string of the molecule is C=CC(=C)CCC(=C)NC.CCNN(C)NC.OCc1ccccc1. The molecule has 0 radical (unpaired) electrons. The summed E-state index contributed by atoms with van der Waals surface area (Å²) in [5, 5.41) is 13.3. The highest BCUT2D eigenvalue weighted by atomic mass is 16.3. The fourth-order valence-corrected chi connectivity index (χ4v) is 1.44. The Kier molecular flexibility index (Phi) is 18.7. The van der Waals surface area contributed by atoms with Crippen molar-refractivity contribution in [1.82, 2.24) is 21.3 Å². The van der Waals surface area contributed by atoms with Crippen molar-refractivity contribution in [3.63, 3.8) is 0 Å². The Hall–Kier alpha value is -1.92. The van der Waals surface area contributed by atoms with Crippen molar-refractivity contribution in [1.29, 1.82) is 0 Å². The third-order valence-corrected chi connectivity index (χ3v) is 3.15. The van der Waals surface area contributed by atoms with Crippen molar-refractivity contribution >= 4 is 0 Å². The van der Waals surface area contributed by atoms with Gasteiger partial charge in [-0.15, -0.1) is 0 Å². The molecule has 0 atom stereocenters. The van der Waals surface area contributed by atoms with Crippen LogP contribution in [0.1, 0.15) is 25.3 Å². The Balaban J connectivity index is 0. The van der Waals surface area contributed by atoms with Crippen LogP contribution in [0.25, 0.3) is 0 Å². The molecular weight excluding hydrogens is 312 g/mol. The third-order valence-electron chi connectivity index (χ3n) is 3.15. The van der Waals surface area contributed by atoms with Crippen LogP contribution in [-0.2, 0) is 6.61 Å². The summed E-state index contributed by atoms with van der Waals surface area (Å²) in [6, 6.07) is 9.52. The van der Waals surface area contributed by atoms with Gasteiger partial charge in [-0.2, -0.15) is 5.12 Å². The van der Waals surface area contributed by atoms with Crippen LogP contribution in [0.3, 0.4) is 0 Å². The molecule has 4 N–H and O–H groups in total. The lowest BCUT2D eigenvalue weighted by Gasteiger charge is -2.13. The maximum absolute atomic E-state index is 8.54. The zero-order valence-electron chi connectivity index (χ0n) is 16.3. The predicted octanol–water partition coefficient (Wildman–Crippen LogP) is 3.00. The molecule has 0 aliphatic heterocycles. The maximum atomic E-state index is 8.54. The van der Waals surface area contributed by atoms with Crippen LogP contribution >= 0.6 is 0 Å². The minimum atomic E-state index is 0.140. The zero-order chi connectivity index (χ0) is 19.5. The molecule has 5 heteroatoms. The van der Waals surface area contributed by atoms with Gasteiger partial charge in [-0.05, 0) is 18.4 Å². The normalized spacial score (nSPS) is 9.20. The van der Waals surface area contributed by atoms with Crippen molar-refractivity contribution < 1.29 is 5.11 Å². The largest absolute Gasteiger partial charge is 0.392 e. The summed E-state index contributed by atoms with van der Waals surface area (Å²) in [7, 11) is 5.66. The number of hydrazine groups is 2. The zero-order valence-corrected chi connectivity index (χ0v) is 16.3. The molecule has 0 bridgehead atoms. The van der Waals surface area contributed by atoms with E-state index >= 15 is 0 Å². The van der Waals surface area contributed by atoms with Crippen molar-refractivity contribution in [3.05, 3.63) is 73.0 Å². The Labute approximate surface area is 154 Å². The average molecular weight is 349 g/mol. The van der Waals surface area contributed by atoms with Crippen LogP contribution in [0.15, 0.2) is 67.4 Å². The van der Waals surface area contributed by atoms with E-state index in [0.717, 1.165) is 36.2 Å². The first-order chi connectivity index (χ1) is 11.9. The van der Waals surface area contributed by atoms with Gasteiger partial charge >= 0.3 is 0 Å². The van der Waals surface area contributed by atoms with Gasteiger partial charge in [0.2, 0.25) is 0 Å². The molecule has 0 saturated heterocycles. The first-order valence-corrected chi connectivity index (χ1v) is 8.40. The standard InChI is InChI=1S/C9H15N.C7H8O.C4H13N3/c1-5-8(2)6-7-9(3)10-4;8-6-7-4-2-1-3-5-7;1-4-6-7(3)5-2/h5,10H,1-3,6-7H2,4H3;1-5,8H,6H2;5-6H,4H2,1-3H3. The molecule has 0 aromatic heterocycles. The van der Waals surface area contributed by atoms with Gasteiger partial charge in [0.25, 0.3) is 0 Å². The van der Waals surface area contributed by atoms with E-state index in [-0.39, 0.29) is 6.61 Å². The molecule has 5 nitrogen and oxygen atoms in total. The fourth-order valence-electron chi connectivity index (χ4n) is 1.44. The summed E-state index contributed by atoms with van der Waals surface area (Å²) in [6.07, 6.45) is 3.67. The van der Waals surface area contributed by atoms with Gasteiger partial charge in [-0.3, -0.25) is 0 Å². The van der Waals surface area contributed by atoms with Gasteiger partial charge in [0.15, 0.2) is 0 Å². The van der Waals surface area contributed by atoms with Crippen molar-refractivity contribution in [2.75, 3.05) is 27.7 Å². The molecule has 1 aromatic rings. The third kappa shape index (κ3) is 18.3. The number of hydrogen-bond acceptors (Lipinski definition) is 5. The van der Waals surface area contributed by atoms with Crippen molar-refractivity contribution in [3.8, 4) is 0 Å². The van der Waals surface area contributed by atoms with E-state index in [9.17, 15) is 0 Å². The van der Waals surface area contributed by atoms with Crippen LogP contribution in [0.4, 0.5) is 0 Å². The van der Waals surface area contributed by atoms with Crippen molar-refractivity contribution in [2.24, 2.45) is 0 Å². The van der Waals surface area contributed by atoms with E-state index in [0.29, 0.717) is 0 Å². The summed E-state index contributed by atoms with van der Waals surface area (Å²) in [5.74, 6) is 0. The molecule has 25 heavy (non-hydrogen) atoms.